The van der Waals surface area contributed by atoms with Gasteiger partial charge in [0, 0.05) is 12.0 Å². The number of ether oxygens (including phenoxy) is 1. The maximum atomic E-state index is 5.36. The van der Waals surface area contributed by atoms with E-state index in [-0.39, 0.29) is 0 Å². The lowest BCUT2D eigenvalue weighted by molar-refractivity contribution is 0.410. The summed E-state index contributed by atoms with van der Waals surface area (Å²) >= 11 is 0. The molecule has 0 amide bonds. The van der Waals surface area contributed by atoms with E-state index in [2.05, 4.69) is 67.7 Å². The van der Waals surface area contributed by atoms with Gasteiger partial charge >= 0.3 is 0 Å². The molecule has 112 valence electrons. The van der Waals surface area contributed by atoms with E-state index >= 15 is 0 Å². The van der Waals surface area contributed by atoms with E-state index in [4.69, 9.17) is 4.74 Å². The van der Waals surface area contributed by atoms with Crippen molar-refractivity contribution in [1.29, 1.82) is 0 Å². The number of nitrogens with one attached hydrogen (secondary N) is 1. The van der Waals surface area contributed by atoms with E-state index < -0.39 is 0 Å². The first kappa shape index (κ1) is 15.6. The first-order chi connectivity index (χ1) is 10.2. The van der Waals surface area contributed by atoms with Crippen molar-refractivity contribution in [2.45, 2.75) is 32.2 Å². The Labute approximate surface area is 128 Å². The highest BCUT2D eigenvalue weighted by Crippen LogP contribution is 2.34. The topological polar surface area (TPSA) is 21.3 Å². The van der Waals surface area contributed by atoms with Gasteiger partial charge in [-0.05, 0) is 43.1 Å². The maximum absolute atomic E-state index is 5.36. The van der Waals surface area contributed by atoms with Crippen molar-refractivity contribution in [3.05, 3.63) is 65.2 Å². The SMILES string of the molecule is CCC(c1ccccc1)C(NC)c1ccc(OC)c(C)c1. The van der Waals surface area contributed by atoms with Crippen LogP contribution >= 0.6 is 0 Å². The second kappa shape index (κ2) is 7.28. The monoisotopic (exact) mass is 283 g/mol. The average molecular weight is 283 g/mol. The molecular formula is C19H25NO. The molecule has 2 heteroatoms. The van der Waals surface area contributed by atoms with E-state index in [1.165, 1.54) is 16.7 Å². The molecule has 0 saturated carbocycles. The van der Waals surface area contributed by atoms with Gasteiger partial charge in [-0.2, -0.15) is 0 Å². The molecule has 2 nitrogen and oxygen atoms in total. The summed E-state index contributed by atoms with van der Waals surface area (Å²) in [5, 5.41) is 3.49. The summed E-state index contributed by atoms with van der Waals surface area (Å²) in [7, 11) is 3.76. The highest BCUT2D eigenvalue weighted by atomic mass is 16.5. The largest absolute Gasteiger partial charge is 0.496 e. The molecule has 1 N–H and O–H groups in total. The van der Waals surface area contributed by atoms with Crippen molar-refractivity contribution in [2.75, 3.05) is 14.2 Å². The Morgan fingerprint density at radius 1 is 1.05 bits per heavy atom. The molecule has 0 aliphatic carbocycles. The van der Waals surface area contributed by atoms with E-state index in [0.29, 0.717) is 12.0 Å². The summed E-state index contributed by atoms with van der Waals surface area (Å²) < 4.78 is 5.36. The molecule has 0 aromatic heterocycles. The highest BCUT2D eigenvalue weighted by molar-refractivity contribution is 5.39. The molecule has 2 aromatic rings. The fourth-order valence-electron chi connectivity index (χ4n) is 3.06. The molecule has 0 fully saturated rings. The lowest BCUT2D eigenvalue weighted by Crippen LogP contribution is -2.23. The van der Waals surface area contributed by atoms with Crippen molar-refractivity contribution in [3.8, 4) is 5.75 Å². The Bertz CT molecular complexity index is 565. The van der Waals surface area contributed by atoms with Gasteiger partial charge in [-0.1, -0.05) is 49.4 Å². The van der Waals surface area contributed by atoms with E-state index in [1.54, 1.807) is 7.11 Å². The van der Waals surface area contributed by atoms with Crippen LogP contribution in [0, 0.1) is 6.92 Å². The van der Waals surface area contributed by atoms with Crippen LogP contribution in [-0.2, 0) is 0 Å². The molecule has 0 bridgehead atoms. The molecule has 0 aliphatic heterocycles. The van der Waals surface area contributed by atoms with Crippen molar-refractivity contribution >= 4 is 0 Å². The van der Waals surface area contributed by atoms with Crippen LogP contribution in [0.25, 0.3) is 0 Å². The first-order valence-corrected chi connectivity index (χ1v) is 7.58. The summed E-state index contributed by atoms with van der Waals surface area (Å²) in [6, 6.07) is 17.5. The van der Waals surface area contributed by atoms with Crippen LogP contribution in [0.15, 0.2) is 48.5 Å². The van der Waals surface area contributed by atoms with Gasteiger partial charge in [-0.3, -0.25) is 0 Å². The molecule has 21 heavy (non-hydrogen) atoms. The number of hydrogen-bond acceptors (Lipinski definition) is 2. The zero-order valence-corrected chi connectivity index (χ0v) is 13.4. The third kappa shape index (κ3) is 3.45. The predicted octanol–water partition coefficient (Wildman–Crippen LogP) is 4.46. The Hall–Kier alpha value is -1.80. The minimum absolute atomic E-state index is 0.307. The van der Waals surface area contributed by atoms with E-state index in [0.717, 1.165) is 12.2 Å². The minimum Gasteiger partial charge on any atom is -0.496 e. The summed E-state index contributed by atoms with van der Waals surface area (Å²) in [4.78, 5) is 0. The molecule has 0 aliphatic rings. The number of hydrogen-bond donors (Lipinski definition) is 1. The second-order valence-corrected chi connectivity index (χ2v) is 5.42. The Morgan fingerprint density at radius 3 is 2.29 bits per heavy atom. The quantitative estimate of drug-likeness (QED) is 0.845. The van der Waals surface area contributed by atoms with Gasteiger partial charge in [0.1, 0.15) is 5.75 Å². The van der Waals surface area contributed by atoms with Crippen LogP contribution in [0.3, 0.4) is 0 Å². The number of rotatable bonds is 6. The third-order valence-corrected chi connectivity index (χ3v) is 4.16. The average Bonchev–Trinajstić information content (AvgIpc) is 2.53. The normalized spacial score (nSPS) is 13.7. The molecule has 2 unspecified atom stereocenters. The van der Waals surface area contributed by atoms with Crippen LogP contribution in [0.5, 0.6) is 5.75 Å². The van der Waals surface area contributed by atoms with Crippen LogP contribution in [0.1, 0.15) is 42.0 Å². The van der Waals surface area contributed by atoms with Gasteiger partial charge in [-0.15, -0.1) is 0 Å². The van der Waals surface area contributed by atoms with Crippen molar-refractivity contribution in [2.24, 2.45) is 0 Å². The fraction of sp³-hybridized carbons (Fsp3) is 0.368. The summed E-state index contributed by atoms with van der Waals surface area (Å²) in [6.07, 6.45) is 1.10. The molecule has 0 radical (unpaired) electrons. The lowest BCUT2D eigenvalue weighted by Gasteiger charge is -2.27. The Balaban J connectivity index is 2.35. The highest BCUT2D eigenvalue weighted by Gasteiger charge is 2.22. The van der Waals surface area contributed by atoms with Gasteiger partial charge < -0.3 is 10.1 Å². The summed E-state index contributed by atoms with van der Waals surface area (Å²) in [5.41, 5.74) is 3.87. The van der Waals surface area contributed by atoms with Crippen molar-refractivity contribution < 1.29 is 4.74 Å². The third-order valence-electron chi connectivity index (χ3n) is 4.16. The van der Waals surface area contributed by atoms with Crippen LogP contribution in [0.2, 0.25) is 0 Å². The van der Waals surface area contributed by atoms with Gasteiger partial charge in [0.25, 0.3) is 0 Å². The fourth-order valence-corrected chi connectivity index (χ4v) is 3.06. The number of likely N-dealkylation sites (N-methyl/N-ethyl adjacent to an activating group) is 1. The Kier molecular flexibility index (Phi) is 5.40. The standard InChI is InChI=1S/C19H25NO/c1-5-17(15-9-7-6-8-10-15)19(20-3)16-11-12-18(21-4)14(2)13-16/h6-13,17,19-20H,5H2,1-4H3. The molecular weight excluding hydrogens is 258 g/mol. The first-order valence-electron chi connectivity index (χ1n) is 7.58. The smallest absolute Gasteiger partial charge is 0.121 e. The summed E-state index contributed by atoms with van der Waals surface area (Å²) in [6.45, 7) is 4.34. The molecule has 2 atom stereocenters. The van der Waals surface area contributed by atoms with Crippen molar-refractivity contribution in [3.63, 3.8) is 0 Å². The number of aryl methyl sites for hydroxylation is 1. The van der Waals surface area contributed by atoms with Crippen LogP contribution < -0.4 is 10.1 Å². The van der Waals surface area contributed by atoms with E-state index in [1.807, 2.05) is 7.05 Å². The maximum Gasteiger partial charge on any atom is 0.121 e. The number of methoxy groups -OCH3 is 1. The van der Waals surface area contributed by atoms with Gasteiger partial charge in [0.05, 0.1) is 7.11 Å². The number of benzene rings is 2. The van der Waals surface area contributed by atoms with Crippen LogP contribution in [0.4, 0.5) is 0 Å². The van der Waals surface area contributed by atoms with Crippen LogP contribution in [-0.4, -0.2) is 14.2 Å². The van der Waals surface area contributed by atoms with Gasteiger partial charge in [-0.25, -0.2) is 0 Å². The second-order valence-electron chi connectivity index (χ2n) is 5.42. The molecule has 2 aromatic carbocycles. The van der Waals surface area contributed by atoms with Gasteiger partial charge in [0.15, 0.2) is 0 Å². The predicted molar refractivity (Wildman–Crippen MR) is 89.0 cm³/mol. The Morgan fingerprint density at radius 2 is 1.76 bits per heavy atom. The molecule has 0 spiro atoms. The van der Waals surface area contributed by atoms with Gasteiger partial charge in [0.2, 0.25) is 0 Å². The van der Waals surface area contributed by atoms with E-state index in [9.17, 15) is 0 Å². The summed E-state index contributed by atoms with van der Waals surface area (Å²) in [5.74, 6) is 1.41. The lowest BCUT2D eigenvalue weighted by atomic mass is 9.85. The molecule has 2 rings (SSSR count). The minimum atomic E-state index is 0.307. The van der Waals surface area contributed by atoms with Crippen molar-refractivity contribution in [1.82, 2.24) is 5.32 Å². The zero-order valence-electron chi connectivity index (χ0n) is 13.4. The zero-order chi connectivity index (χ0) is 15.2. The molecule has 0 heterocycles. The molecule has 0 saturated heterocycles.